The van der Waals surface area contributed by atoms with Crippen molar-refractivity contribution in [1.29, 1.82) is 0 Å². The van der Waals surface area contributed by atoms with E-state index in [1.807, 2.05) is 0 Å². The number of pyridine rings is 1. The first-order valence-corrected chi connectivity index (χ1v) is 8.00. The van der Waals surface area contributed by atoms with Gasteiger partial charge in [-0.2, -0.15) is 4.90 Å². The molecule has 0 spiro atoms. The number of nitrogens with one attached hydrogen (secondary N) is 1. The van der Waals surface area contributed by atoms with E-state index in [9.17, 15) is 9.59 Å². The van der Waals surface area contributed by atoms with Crippen molar-refractivity contribution in [1.82, 2.24) is 15.0 Å². The second-order valence-electron chi connectivity index (χ2n) is 7.35. The Balaban J connectivity index is 2.53. The number of halogens is 1. The van der Waals surface area contributed by atoms with E-state index in [4.69, 9.17) is 21.1 Å². The Labute approximate surface area is 150 Å². The number of imide groups is 1. The molecule has 0 radical (unpaired) electrons. The highest BCUT2D eigenvalue weighted by Crippen LogP contribution is 2.29. The number of imidazole rings is 1. The van der Waals surface area contributed by atoms with Crippen LogP contribution in [0.25, 0.3) is 11.0 Å². The molecule has 136 valence electrons. The summed E-state index contributed by atoms with van der Waals surface area (Å²) in [5.74, 6) is -0.0239. The summed E-state index contributed by atoms with van der Waals surface area (Å²) in [5.41, 5.74) is -0.920. The van der Waals surface area contributed by atoms with Crippen LogP contribution in [0.5, 0.6) is 0 Å². The van der Waals surface area contributed by atoms with Gasteiger partial charge in [0, 0.05) is 0 Å². The van der Waals surface area contributed by atoms with Gasteiger partial charge in [-0.15, -0.1) is 0 Å². The summed E-state index contributed by atoms with van der Waals surface area (Å²) in [6.07, 6.45) is 0.880. The quantitative estimate of drug-likeness (QED) is 0.806. The summed E-state index contributed by atoms with van der Waals surface area (Å²) in [5, 5.41) is 0.310. The molecular weight excluding hydrogens is 348 g/mol. The van der Waals surface area contributed by atoms with Crippen molar-refractivity contribution in [3.8, 4) is 0 Å². The molecular formula is C16H21ClN4O4. The molecule has 0 aliphatic heterocycles. The third-order valence-corrected chi connectivity index (χ3v) is 3.04. The van der Waals surface area contributed by atoms with Crippen LogP contribution >= 0.6 is 11.6 Å². The number of amides is 2. The summed E-state index contributed by atoms with van der Waals surface area (Å²) < 4.78 is 10.6. The van der Waals surface area contributed by atoms with E-state index in [0.29, 0.717) is 10.5 Å². The minimum atomic E-state index is -0.916. The monoisotopic (exact) mass is 368 g/mol. The number of aromatic amines is 1. The van der Waals surface area contributed by atoms with Crippen molar-refractivity contribution < 1.29 is 19.1 Å². The number of carbonyl (C=O) groups is 2. The van der Waals surface area contributed by atoms with Gasteiger partial charge in [-0.05, 0) is 41.5 Å². The lowest BCUT2D eigenvalue weighted by atomic mass is 10.2. The molecule has 0 bridgehead atoms. The Morgan fingerprint density at radius 3 is 2.04 bits per heavy atom. The standard InChI is InChI=1S/C16H21ClN4O4/c1-15(2,3)24-13(22)21(14(23)25-16(4,5)6)12-11-10(19-8-20-11)9(17)7-18-12/h7-8H,1-6H3,(H,19,20). The van der Waals surface area contributed by atoms with Crippen LogP contribution in [0.1, 0.15) is 41.5 Å². The van der Waals surface area contributed by atoms with Gasteiger partial charge in [0.15, 0.2) is 5.82 Å². The zero-order valence-corrected chi connectivity index (χ0v) is 15.8. The average molecular weight is 369 g/mol. The Bertz CT molecular complexity index is 777. The van der Waals surface area contributed by atoms with Gasteiger partial charge < -0.3 is 14.5 Å². The van der Waals surface area contributed by atoms with Crippen LogP contribution in [-0.4, -0.2) is 38.3 Å². The number of aromatic nitrogens is 3. The third-order valence-electron chi connectivity index (χ3n) is 2.75. The van der Waals surface area contributed by atoms with Crippen LogP contribution in [0, 0.1) is 0 Å². The van der Waals surface area contributed by atoms with E-state index in [1.165, 1.54) is 12.5 Å². The van der Waals surface area contributed by atoms with Gasteiger partial charge in [0.2, 0.25) is 0 Å². The van der Waals surface area contributed by atoms with Crippen LogP contribution in [-0.2, 0) is 9.47 Å². The van der Waals surface area contributed by atoms with E-state index in [1.54, 1.807) is 41.5 Å². The number of carbonyl (C=O) groups excluding carboxylic acids is 2. The maximum Gasteiger partial charge on any atom is 0.425 e. The van der Waals surface area contributed by atoms with Gasteiger partial charge in [-0.3, -0.25) is 0 Å². The van der Waals surface area contributed by atoms with E-state index in [0.717, 1.165) is 4.90 Å². The lowest BCUT2D eigenvalue weighted by Crippen LogP contribution is -2.44. The molecule has 2 aromatic heterocycles. The summed E-state index contributed by atoms with van der Waals surface area (Å²) in [6.45, 7) is 10.2. The maximum absolute atomic E-state index is 12.6. The van der Waals surface area contributed by atoms with Crippen molar-refractivity contribution in [2.24, 2.45) is 0 Å². The van der Waals surface area contributed by atoms with E-state index >= 15 is 0 Å². The number of hydrogen-bond donors (Lipinski definition) is 1. The Kier molecular flexibility index (Phi) is 4.94. The van der Waals surface area contributed by atoms with Crippen LogP contribution < -0.4 is 4.90 Å². The molecule has 0 fully saturated rings. The minimum absolute atomic E-state index is 0.0239. The molecule has 0 saturated heterocycles. The van der Waals surface area contributed by atoms with E-state index < -0.39 is 23.4 Å². The predicted molar refractivity (Wildman–Crippen MR) is 93.8 cm³/mol. The Morgan fingerprint density at radius 2 is 1.56 bits per heavy atom. The second kappa shape index (κ2) is 6.51. The van der Waals surface area contributed by atoms with Gasteiger partial charge in [-0.25, -0.2) is 19.6 Å². The van der Waals surface area contributed by atoms with Crippen molar-refractivity contribution >= 4 is 40.6 Å². The number of rotatable bonds is 1. The third kappa shape index (κ3) is 4.60. The summed E-state index contributed by atoms with van der Waals surface area (Å²) >= 11 is 6.06. The SMILES string of the molecule is CC(C)(C)OC(=O)N(C(=O)OC(C)(C)C)c1ncc(Cl)c2[nH]cnc12. The lowest BCUT2D eigenvalue weighted by molar-refractivity contribution is 0.0429. The molecule has 1 N–H and O–H groups in total. The second-order valence-corrected chi connectivity index (χ2v) is 7.76. The average Bonchev–Trinajstić information content (AvgIpc) is 2.87. The fraction of sp³-hybridized carbons (Fsp3) is 0.500. The van der Waals surface area contributed by atoms with Gasteiger partial charge in [0.05, 0.1) is 23.1 Å². The van der Waals surface area contributed by atoms with Crippen LogP contribution in [0.2, 0.25) is 5.02 Å². The zero-order valence-electron chi connectivity index (χ0n) is 15.0. The van der Waals surface area contributed by atoms with Gasteiger partial charge in [0.1, 0.15) is 16.7 Å². The number of nitrogens with zero attached hydrogens (tertiary/aromatic N) is 3. The van der Waals surface area contributed by atoms with Crippen LogP contribution in [0.4, 0.5) is 15.4 Å². The van der Waals surface area contributed by atoms with Crippen molar-refractivity contribution in [3.63, 3.8) is 0 Å². The van der Waals surface area contributed by atoms with Gasteiger partial charge in [-0.1, -0.05) is 11.6 Å². The maximum atomic E-state index is 12.6. The van der Waals surface area contributed by atoms with Crippen molar-refractivity contribution in [2.45, 2.75) is 52.7 Å². The summed E-state index contributed by atoms with van der Waals surface area (Å²) in [6, 6.07) is 0. The molecule has 2 heterocycles. The molecule has 0 aliphatic carbocycles. The molecule has 9 heteroatoms. The van der Waals surface area contributed by atoms with Crippen molar-refractivity contribution in [2.75, 3.05) is 4.90 Å². The van der Waals surface area contributed by atoms with Crippen molar-refractivity contribution in [3.05, 3.63) is 17.5 Å². The smallest absolute Gasteiger partial charge is 0.425 e. The summed E-state index contributed by atoms with van der Waals surface area (Å²) in [4.78, 5) is 37.0. The normalized spacial score (nSPS) is 12.1. The first-order chi connectivity index (χ1) is 11.4. The largest absolute Gasteiger partial charge is 0.443 e. The van der Waals surface area contributed by atoms with E-state index in [2.05, 4.69) is 15.0 Å². The highest BCUT2D eigenvalue weighted by atomic mass is 35.5. The first kappa shape index (κ1) is 19.0. The van der Waals surface area contributed by atoms with Crippen LogP contribution in [0.15, 0.2) is 12.5 Å². The fourth-order valence-electron chi connectivity index (χ4n) is 1.92. The molecule has 2 aromatic rings. The molecule has 0 unspecified atom stereocenters. The number of ether oxygens (including phenoxy) is 2. The minimum Gasteiger partial charge on any atom is -0.443 e. The molecule has 0 saturated carbocycles. The molecule has 8 nitrogen and oxygen atoms in total. The predicted octanol–water partition coefficient (Wildman–Crippen LogP) is 4.29. The van der Waals surface area contributed by atoms with Gasteiger partial charge in [0.25, 0.3) is 0 Å². The molecule has 0 aliphatic rings. The number of H-pyrrole nitrogens is 1. The topological polar surface area (TPSA) is 97.4 Å². The number of anilines is 1. The highest BCUT2D eigenvalue weighted by Gasteiger charge is 2.35. The number of hydrogen-bond acceptors (Lipinski definition) is 6. The molecule has 25 heavy (non-hydrogen) atoms. The molecule has 2 rings (SSSR count). The highest BCUT2D eigenvalue weighted by molar-refractivity contribution is 6.35. The lowest BCUT2D eigenvalue weighted by Gasteiger charge is -2.28. The van der Waals surface area contributed by atoms with Gasteiger partial charge >= 0.3 is 12.2 Å². The first-order valence-electron chi connectivity index (χ1n) is 7.63. The van der Waals surface area contributed by atoms with E-state index in [-0.39, 0.29) is 11.3 Å². The molecule has 0 aromatic carbocycles. The number of fused-ring (bicyclic) bond motifs is 1. The fourth-order valence-corrected chi connectivity index (χ4v) is 2.11. The summed E-state index contributed by atoms with van der Waals surface area (Å²) in [7, 11) is 0. The Morgan fingerprint density at radius 1 is 1.04 bits per heavy atom. The zero-order chi connectivity index (χ0) is 19.0. The Hall–Kier alpha value is -2.35. The molecule has 2 amide bonds. The van der Waals surface area contributed by atoms with Crippen LogP contribution in [0.3, 0.4) is 0 Å². The molecule has 0 atom stereocenters.